The maximum absolute atomic E-state index is 12.3. The molecule has 1 atom stereocenters. The zero-order valence-electron chi connectivity index (χ0n) is 17.8. The van der Waals surface area contributed by atoms with Crippen molar-refractivity contribution >= 4 is 21.6 Å². The Morgan fingerprint density at radius 2 is 1.90 bits per heavy atom. The Kier molecular flexibility index (Phi) is 9.07. The summed E-state index contributed by atoms with van der Waals surface area (Å²) in [6.07, 6.45) is 6.41. The summed E-state index contributed by atoms with van der Waals surface area (Å²) < 4.78 is 36.9. The van der Waals surface area contributed by atoms with Gasteiger partial charge in [0.25, 0.3) is 0 Å². The van der Waals surface area contributed by atoms with Crippen LogP contribution in [0.4, 0.5) is 5.69 Å². The fourth-order valence-electron chi connectivity index (χ4n) is 3.35. The van der Waals surface area contributed by atoms with E-state index in [1.165, 1.54) is 17.0 Å². The van der Waals surface area contributed by atoms with Gasteiger partial charge in [0, 0.05) is 25.6 Å². The standard InChI is InChI=1S/C21H34N2O5S/c1-4-6-8-17(5-2)16-22-21(24)9-7-12-23(29(3,25)26)18-10-11-19-20(15-18)28-14-13-27-19/h10-11,15,17H,4-9,12-14,16H2,1-3H3,(H,22,24)/t17-/m1/s1. The van der Waals surface area contributed by atoms with Gasteiger partial charge < -0.3 is 14.8 Å². The first kappa shape index (κ1) is 23.3. The lowest BCUT2D eigenvalue weighted by atomic mass is 9.99. The average Bonchev–Trinajstić information content (AvgIpc) is 2.70. The number of benzene rings is 1. The summed E-state index contributed by atoms with van der Waals surface area (Å²) in [6.45, 7) is 6.15. The number of carbonyl (C=O) groups is 1. The predicted molar refractivity (Wildman–Crippen MR) is 115 cm³/mol. The van der Waals surface area contributed by atoms with Crippen molar-refractivity contribution in [1.29, 1.82) is 0 Å². The molecule has 0 bridgehead atoms. The molecule has 164 valence electrons. The lowest BCUT2D eigenvalue weighted by Gasteiger charge is -2.25. The summed E-state index contributed by atoms with van der Waals surface area (Å²) in [7, 11) is -3.48. The molecule has 1 heterocycles. The van der Waals surface area contributed by atoms with Crippen LogP contribution in [0.2, 0.25) is 0 Å². The normalized spacial score (nSPS) is 14.3. The molecule has 0 aromatic heterocycles. The number of rotatable bonds is 12. The van der Waals surface area contributed by atoms with E-state index in [0.29, 0.717) is 55.7 Å². The molecule has 7 nitrogen and oxygen atoms in total. The van der Waals surface area contributed by atoms with Crippen LogP contribution in [0.1, 0.15) is 52.4 Å². The summed E-state index contributed by atoms with van der Waals surface area (Å²) in [6, 6.07) is 5.10. The van der Waals surface area contributed by atoms with Gasteiger partial charge in [-0.25, -0.2) is 8.42 Å². The number of nitrogens with zero attached hydrogens (tertiary/aromatic N) is 1. The van der Waals surface area contributed by atoms with Gasteiger partial charge in [-0.3, -0.25) is 9.10 Å². The van der Waals surface area contributed by atoms with Gasteiger partial charge in [-0.2, -0.15) is 0 Å². The van der Waals surface area contributed by atoms with E-state index < -0.39 is 10.0 Å². The summed E-state index contributed by atoms with van der Waals surface area (Å²) in [5, 5.41) is 2.99. The second-order valence-corrected chi connectivity index (χ2v) is 9.39. The minimum absolute atomic E-state index is 0.0319. The Balaban J connectivity index is 1.89. The van der Waals surface area contributed by atoms with Gasteiger partial charge in [-0.15, -0.1) is 0 Å². The molecule has 1 amide bonds. The van der Waals surface area contributed by atoms with Crippen LogP contribution in [0.3, 0.4) is 0 Å². The third-order valence-electron chi connectivity index (χ3n) is 5.11. The summed E-state index contributed by atoms with van der Waals surface area (Å²) >= 11 is 0. The van der Waals surface area contributed by atoms with Crippen LogP contribution in [0.5, 0.6) is 11.5 Å². The van der Waals surface area contributed by atoms with Crippen LogP contribution >= 0.6 is 0 Å². The van der Waals surface area contributed by atoms with E-state index in [9.17, 15) is 13.2 Å². The lowest BCUT2D eigenvalue weighted by Crippen LogP contribution is -2.33. The van der Waals surface area contributed by atoms with Gasteiger partial charge in [0.1, 0.15) is 13.2 Å². The summed E-state index contributed by atoms with van der Waals surface area (Å²) in [5.41, 5.74) is 0.516. The van der Waals surface area contributed by atoms with Crippen molar-refractivity contribution in [3.05, 3.63) is 18.2 Å². The van der Waals surface area contributed by atoms with Crippen LogP contribution < -0.4 is 19.1 Å². The first-order valence-corrected chi connectivity index (χ1v) is 12.3. The van der Waals surface area contributed by atoms with Crippen LogP contribution in [0.15, 0.2) is 18.2 Å². The van der Waals surface area contributed by atoms with Crippen LogP contribution in [-0.2, 0) is 14.8 Å². The Hall–Kier alpha value is -1.96. The Labute approximate surface area is 174 Å². The fourth-order valence-corrected chi connectivity index (χ4v) is 4.30. The van der Waals surface area contributed by atoms with E-state index in [4.69, 9.17) is 9.47 Å². The lowest BCUT2D eigenvalue weighted by molar-refractivity contribution is -0.121. The molecule has 29 heavy (non-hydrogen) atoms. The number of hydrogen-bond acceptors (Lipinski definition) is 5. The van der Waals surface area contributed by atoms with E-state index in [1.807, 2.05) is 0 Å². The topological polar surface area (TPSA) is 84.9 Å². The summed E-state index contributed by atoms with van der Waals surface area (Å²) in [5.74, 6) is 1.62. The van der Waals surface area contributed by atoms with Crippen molar-refractivity contribution in [3.63, 3.8) is 0 Å². The molecule has 0 radical (unpaired) electrons. The first-order valence-electron chi connectivity index (χ1n) is 10.5. The predicted octanol–water partition coefficient (Wildman–Crippen LogP) is 3.34. The van der Waals surface area contributed by atoms with Crippen LogP contribution in [0.25, 0.3) is 0 Å². The first-order chi connectivity index (χ1) is 13.8. The smallest absolute Gasteiger partial charge is 0.232 e. The SMILES string of the molecule is CCCC[C@@H](CC)CNC(=O)CCCN(c1ccc2c(c1)OCCO2)S(C)(=O)=O. The van der Waals surface area contributed by atoms with Gasteiger partial charge in [-0.05, 0) is 30.9 Å². The molecule has 1 aliphatic rings. The van der Waals surface area contributed by atoms with E-state index in [1.54, 1.807) is 18.2 Å². The van der Waals surface area contributed by atoms with E-state index in [0.717, 1.165) is 19.3 Å². The van der Waals surface area contributed by atoms with Crippen molar-refractivity contribution < 1.29 is 22.7 Å². The van der Waals surface area contributed by atoms with E-state index >= 15 is 0 Å². The van der Waals surface area contributed by atoms with Crippen LogP contribution in [-0.4, -0.2) is 46.9 Å². The molecule has 2 rings (SSSR count). The number of ether oxygens (including phenoxy) is 2. The molecule has 0 spiro atoms. The number of anilines is 1. The number of sulfonamides is 1. The second-order valence-electron chi connectivity index (χ2n) is 7.49. The van der Waals surface area contributed by atoms with Gasteiger partial charge >= 0.3 is 0 Å². The number of fused-ring (bicyclic) bond motifs is 1. The van der Waals surface area contributed by atoms with E-state index in [2.05, 4.69) is 19.2 Å². The maximum Gasteiger partial charge on any atom is 0.232 e. The molecule has 0 unspecified atom stereocenters. The highest BCUT2D eigenvalue weighted by Crippen LogP contribution is 2.34. The molecule has 1 aliphatic heterocycles. The van der Waals surface area contributed by atoms with Crippen LogP contribution in [0, 0.1) is 5.92 Å². The van der Waals surface area contributed by atoms with Gasteiger partial charge in [-0.1, -0.05) is 33.1 Å². The average molecular weight is 427 g/mol. The van der Waals surface area contributed by atoms with Gasteiger partial charge in [0.05, 0.1) is 11.9 Å². The Morgan fingerprint density at radius 1 is 1.17 bits per heavy atom. The van der Waals surface area contributed by atoms with E-state index in [-0.39, 0.29) is 12.5 Å². The highest BCUT2D eigenvalue weighted by molar-refractivity contribution is 7.92. The Bertz CT molecular complexity index is 766. The third-order valence-corrected chi connectivity index (χ3v) is 6.30. The molecular weight excluding hydrogens is 392 g/mol. The molecule has 8 heteroatoms. The maximum atomic E-state index is 12.3. The highest BCUT2D eigenvalue weighted by atomic mass is 32.2. The monoisotopic (exact) mass is 426 g/mol. The minimum Gasteiger partial charge on any atom is -0.486 e. The van der Waals surface area contributed by atoms with Gasteiger partial charge in [0.15, 0.2) is 11.5 Å². The zero-order valence-corrected chi connectivity index (χ0v) is 18.6. The van der Waals surface area contributed by atoms with Crippen molar-refractivity contribution in [2.75, 3.05) is 36.9 Å². The quantitative estimate of drug-likeness (QED) is 0.554. The summed E-state index contributed by atoms with van der Waals surface area (Å²) in [4.78, 5) is 12.2. The van der Waals surface area contributed by atoms with Crippen molar-refractivity contribution in [1.82, 2.24) is 5.32 Å². The molecule has 1 N–H and O–H groups in total. The Morgan fingerprint density at radius 3 is 2.55 bits per heavy atom. The molecule has 1 aromatic carbocycles. The highest BCUT2D eigenvalue weighted by Gasteiger charge is 2.21. The minimum atomic E-state index is -3.48. The molecule has 0 saturated carbocycles. The molecule has 0 fully saturated rings. The molecule has 0 aliphatic carbocycles. The number of carbonyl (C=O) groups excluding carboxylic acids is 1. The largest absolute Gasteiger partial charge is 0.486 e. The number of hydrogen-bond donors (Lipinski definition) is 1. The molecule has 1 aromatic rings. The van der Waals surface area contributed by atoms with Crippen molar-refractivity contribution in [3.8, 4) is 11.5 Å². The number of unbranched alkanes of at least 4 members (excludes halogenated alkanes) is 1. The zero-order chi connectivity index (χ0) is 21.3. The number of nitrogens with one attached hydrogen (secondary N) is 1. The van der Waals surface area contributed by atoms with Crippen molar-refractivity contribution in [2.24, 2.45) is 5.92 Å². The van der Waals surface area contributed by atoms with Gasteiger partial charge in [0.2, 0.25) is 15.9 Å². The molecule has 0 saturated heterocycles. The van der Waals surface area contributed by atoms with Crippen molar-refractivity contribution in [2.45, 2.75) is 52.4 Å². The third kappa shape index (κ3) is 7.42. The second kappa shape index (κ2) is 11.3. The number of amides is 1. The molecular formula is C21H34N2O5S. The fraction of sp³-hybridized carbons (Fsp3) is 0.667.